The molecule has 0 fully saturated rings. The Morgan fingerprint density at radius 2 is 1.00 bits per heavy atom. The quantitative estimate of drug-likeness (QED) is 0.672. The molecule has 25 heavy (non-hydrogen) atoms. The first kappa shape index (κ1) is 18.8. The van der Waals surface area contributed by atoms with Crippen LogP contribution < -0.4 is 16.0 Å². The molecule has 0 aliphatic carbocycles. The third-order valence-corrected chi connectivity index (χ3v) is 3.59. The summed E-state index contributed by atoms with van der Waals surface area (Å²) in [7, 11) is 0. The second-order valence-electron chi connectivity index (χ2n) is 4.97. The van der Waals surface area contributed by atoms with E-state index in [2.05, 4.69) is 16.0 Å². The molecular formula is C17H15Cl2N3O3. The summed E-state index contributed by atoms with van der Waals surface area (Å²) in [6, 6.07) is 13.1. The van der Waals surface area contributed by atoms with Gasteiger partial charge in [-0.3, -0.25) is 14.4 Å². The van der Waals surface area contributed by atoms with Crippen LogP contribution in [0.4, 0.5) is 17.1 Å². The Morgan fingerprint density at radius 3 is 1.40 bits per heavy atom. The van der Waals surface area contributed by atoms with Crippen molar-refractivity contribution in [1.82, 2.24) is 0 Å². The number of amides is 3. The first-order valence-electron chi connectivity index (χ1n) is 7.25. The molecule has 3 amide bonds. The van der Waals surface area contributed by atoms with Gasteiger partial charge in [0.1, 0.15) is 11.8 Å². The molecule has 0 saturated heterocycles. The van der Waals surface area contributed by atoms with E-state index in [9.17, 15) is 14.4 Å². The molecule has 0 radical (unpaired) electrons. The highest BCUT2D eigenvalue weighted by atomic mass is 35.5. The number of nitrogens with one attached hydrogen (secondary N) is 3. The number of halogens is 2. The molecule has 0 aliphatic rings. The predicted molar refractivity (Wildman–Crippen MR) is 99.5 cm³/mol. The number of rotatable bonds is 6. The van der Waals surface area contributed by atoms with Crippen molar-refractivity contribution in [3.05, 3.63) is 54.1 Å². The Morgan fingerprint density at radius 1 is 0.640 bits per heavy atom. The highest BCUT2D eigenvalue weighted by Crippen LogP contribution is 2.16. The molecule has 6 nitrogen and oxygen atoms in total. The Kier molecular flexibility index (Phi) is 6.80. The molecule has 8 heteroatoms. The number of hydrogen-bond acceptors (Lipinski definition) is 3. The number of carbonyl (C=O) groups is 3. The first-order chi connectivity index (χ1) is 12.0. The molecule has 2 rings (SSSR count). The molecule has 0 bridgehead atoms. The SMILES string of the molecule is O=C(CCl)Nc1ccc(NC(=O)c2ccc(NC(=O)CCl)cc2)cc1. The summed E-state index contributed by atoms with van der Waals surface area (Å²) in [4.78, 5) is 34.6. The number of anilines is 3. The Labute approximate surface area is 154 Å². The van der Waals surface area contributed by atoms with Crippen LogP contribution in [0.2, 0.25) is 0 Å². The van der Waals surface area contributed by atoms with E-state index in [1.54, 1.807) is 48.5 Å². The van der Waals surface area contributed by atoms with Crippen molar-refractivity contribution in [1.29, 1.82) is 0 Å². The number of benzene rings is 2. The van der Waals surface area contributed by atoms with Gasteiger partial charge in [-0.1, -0.05) is 0 Å². The molecule has 0 aromatic heterocycles. The monoisotopic (exact) mass is 379 g/mol. The minimum atomic E-state index is -0.319. The molecular weight excluding hydrogens is 365 g/mol. The van der Waals surface area contributed by atoms with Gasteiger partial charge in [0.05, 0.1) is 0 Å². The van der Waals surface area contributed by atoms with Crippen LogP contribution >= 0.6 is 23.2 Å². The zero-order chi connectivity index (χ0) is 18.2. The standard InChI is InChI=1S/C17H15Cl2N3O3/c18-9-15(23)20-12-3-1-11(2-4-12)17(25)22-14-7-5-13(6-8-14)21-16(24)10-19/h1-8H,9-10H2,(H,20,23)(H,21,24)(H,22,25). The Hall–Kier alpha value is -2.57. The number of alkyl halides is 2. The van der Waals surface area contributed by atoms with Gasteiger partial charge in [0.15, 0.2) is 0 Å². The van der Waals surface area contributed by atoms with Gasteiger partial charge in [-0.15, -0.1) is 23.2 Å². The van der Waals surface area contributed by atoms with Crippen LogP contribution in [-0.4, -0.2) is 29.5 Å². The average Bonchev–Trinajstić information content (AvgIpc) is 2.63. The zero-order valence-corrected chi connectivity index (χ0v) is 14.5. The normalized spacial score (nSPS) is 10.0. The lowest BCUT2D eigenvalue weighted by atomic mass is 10.2. The lowest BCUT2D eigenvalue weighted by Crippen LogP contribution is -2.14. The van der Waals surface area contributed by atoms with Crippen molar-refractivity contribution >= 4 is 58.0 Å². The van der Waals surface area contributed by atoms with Crippen LogP contribution in [0.15, 0.2) is 48.5 Å². The Bertz CT molecular complexity index is 762. The number of hydrogen-bond donors (Lipinski definition) is 3. The maximum Gasteiger partial charge on any atom is 0.255 e. The third kappa shape index (κ3) is 5.77. The van der Waals surface area contributed by atoms with Crippen LogP contribution in [-0.2, 0) is 9.59 Å². The summed E-state index contributed by atoms with van der Waals surface area (Å²) in [6.45, 7) is 0. The number of carbonyl (C=O) groups excluding carboxylic acids is 3. The Balaban J connectivity index is 1.97. The minimum Gasteiger partial charge on any atom is -0.325 e. The fourth-order valence-electron chi connectivity index (χ4n) is 1.93. The van der Waals surface area contributed by atoms with Crippen molar-refractivity contribution in [2.75, 3.05) is 27.7 Å². The van der Waals surface area contributed by atoms with E-state index in [1.807, 2.05) is 0 Å². The molecule has 2 aromatic rings. The summed E-state index contributed by atoms with van der Waals surface area (Å²) in [5.41, 5.74) is 2.15. The summed E-state index contributed by atoms with van der Waals surface area (Å²) < 4.78 is 0. The van der Waals surface area contributed by atoms with Gasteiger partial charge in [-0.2, -0.15) is 0 Å². The van der Waals surface area contributed by atoms with E-state index in [1.165, 1.54) is 0 Å². The van der Waals surface area contributed by atoms with E-state index < -0.39 is 0 Å². The smallest absolute Gasteiger partial charge is 0.255 e. The van der Waals surface area contributed by atoms with Crippen molar-refractivity contribution in [2.45, 2.75) is 0 Å². The van der Waals surface area contributed by atoms with Gasteiger partial charge < -0.3 is 16.0 Å². The van der Waals surface area contributed by atoms with Crippen LogP contribution in [0.5, 0.6) is 0 Å². The molecule has 3 N–H and O–H groups in total. The summed E-state index contributed by atoms with van der Waals surface area (Å²) in [5, 5.41) is 7.93. The molecule has 0 atom stereocenters. The maximum absolute atomic E-state index is 12.2. The zero-order valence-electron chi connectivity index (χ0n) is 13.0. The molecule has 0 aliphatic heterocycles. The lowest BCUT2D eigenvalue weighted by Gasteiger charge is -2.08. The van der Waals surface area contributed by atoms with Crippen molar-refractivity contribution in [3.63, 3.8) is 0 Å². The molecule has 130 valence electrons. The van der Waals surface area contributed by atoms with E-state index in [4.69, 9.17) is 23.2 Å². The van der Waals surface area contributed by atoms with Crippen molar-refractivity contribution < 1.29 is 14.4 Å². The van der Waals surface area contributed by atoms with Gasteiger partial charge in [0, 0.05) is 22.6 Å². The van der Waals surface area contributed by atoms with E-state index >= 15 is 0 Å². The van der Waals surface area contributed by atoms with Crippen molar-refractivity contribution in [2.24, 2.45) is 0 Å². The topological polar surface area (TPSA) is 87.3 Å². The minimum absolute atomic E-state index is 0.125. The van der Waals surface area contributed by atoms with Gasteiger partial charge >= 0.3 is 0 Å². The fraction of sp³-hybridized carbons (Fsp3) is 0.118. The third-order valence-electron chi connectivity index (χ3n) is 3.10. The van der Waals surface area contributed by atoms with Crippen LogP contribution in [0.3, 0.4) is 0 Å². The molecule has 2 aromatic carbocycles. The van der Waals surface area contributed by atoms with E-state index in [0.29, 0.717) is 22.6 Å². The van der Waals surface area contributed by atoms with Gasteiger partial charge in [0.25, 0.3) is 5.91 Å². The van der Waals surface area contributed by atoms with Crippen molar-refractivity contribution in [3.8, 4) is 0 Å². The molecule has 0 heterocycles. The second-order valence-corrected chi connectivity index (χ2v) is 5.51. The summed E-state index contributed by atoms with van der Waals surface area (Å²) >= 11 is 10.8. The van der Waals surface area contributed by atoms with Gasteiger partial charge in [0.2, 0.25) is 11.8 Å². The van der Waals surface area contributed by atoms with Crippen LogP contribution in [0.1, 0.15) is 10.4 Å². The predicted octanol–water partition coefficient (Wildman–Crippen LogP) is 3.29. The second kappa shape index (κ2) is 9.05. The van der Waals surface area contributed by atoms with Gasteiger partial charge in [-0.05, 0) is 48.5 Å². The van der Waals surface area contributed by atoms with E-state index in [-0.39, 0.29) is 29.5 Å². The lowest BCUT2D eigenvalue weighted by molar-refractivity contribution is -0.114. The summed E-state index contributed by atoms with van der Waals surface area (Å²) in [5.74, 6) is -1.18. The average molecular weight is 380 g/mol. The highest BCUT2D eigenvalue weighted by molar-refractivity contribution is 6.29. The van der Waals surface area contributed by atoms with Crippen LogP contribution in [0.25, 0.3) is 0 Å². The molecule has 0 saturated carbocycles. The largest absolute Gasteiger partial charge is 0.325 e. The maximum atomic E-state index is 12.2. The molecule has 0 spiro atoms. The molecule has 0 unspecified atom stereocenters. The fourth-order valence-corrected chi connectivity index (χ4v) is 2.07. The summed E-state index contributed by atoms with van der Waals surface area (Å²) in [6.07, 6.45) is 0. The van der Waals surface area contributed by atoms with Crippen LogP contribution in [0, 0.1) is 0 Å². The van der Waals surface area contributed by atoms with Gasteiger partial charge in [-0.25, -0.2) is 0 Å². The first-order valence-corrected chi connectivity index (χ1v) is 8.32. The highest BCUT2D eigenvalue weighted by Gasteiger charge is 2.07. The van der Waals surface area contributed by atoms with E-state index in [0.717, 1.165) is 0 Å².